The third kappa shape index (κ3) is 7.30. The van der Waals surface area contributed by atoms with Crippen molar-refractivity contribution in [3.63, 3.8) is 0 Å². The van der Waals surface area contributed by atoms with E-state index < -0.39 is 24.2 Å². The highest BCUT2D eigenvalue weighted by molar-refractivity contribution is 6.01. The van der Waals surface area contributed by atoms with Gasteiger partial charge in [0.05, 0.1) is 6.61 Å². The third-order valence-corrected chi connectivity index (χ3v) is 7.38. The number of amides is 1. The molecule has 0 spiro atoms. The summed E-state index contributed by atoms with van der Waals surface area (Å²) in [6, 6.07) is 31.7. The Labute approximate surface area is 260 Å². The van der Waals surface area contributed by atoms with E-state index in [1.165, 1.54) is 0 Å². The second-order valence-electron chi connectivity index (χ2n) is 10.3. The maximum Gasteiger partial charge on any atom is 0.266 e. The van der Waals surface area contributed by atoms with Crippen molar-refractivity contribution in [2.75, 3.05) is 26.4 Å². The second kappa shape index (κ2) is 15.0. The molecule has 2 atom stereocenters. The lowest BCUT2D eigenvalue weighted by atomic mass is 9.81. The molecule has 45 heavy (non-hydrogen) atoms. The number of nitrogens with zero attached hydrogens (tertiary/aromatic N) is 4. The van der Waals surface area contributed by atoms with Crippen molar-refractivity contribution in [1.82, 2.24) is 10.9 Å². The zero-order chi connectivity index (χ0) is 31.5. The highest BCUT2D eigenvalue weighted by Crippen LogP contribution is 2.44. The number of ether oxygens (including phenoxy) is 2. The molecule has 0 radical (unpaired) electrons. The number of rotatable bonds is 14. The van der Waals surface area contributed by atoms with E-state index in [4.69, 9.17) is 19.6 Å². The summed E-state index contributed by atoms with van der Waals surface area (Å²) in [5, 5.41) is 12.9. The number of halogens is 1. The molecule has 1 aliphatic rings. The number of aliphatic hydroxyl groups excluding tert-OH is 1. The fourth-order valence-corrected chi connectivity index (χ4v) is 5.16. The fourth-order valence-electron chi connectivity index (χ4n) is 5.16. The van der Waals surface area contributed by atoms with E-state index in [0.717, 1.165) is 11.1 Å². The van der Waals surface area contributed by atoms with Crippen LogP contribution >= 0.6 is 0 Å². The Morgan fingerprint density at radius 3 is 2.38 bits per heavy atom. The lowest BCUT2D eigenvalue weighted by Gasteiger charge is -2.31. The van der Waals surface area contributed by atoms with Crippen LogP contribution in [0.3, 0.4) is 0 Å². The molecule has 11 heteroatoms. The quantitative estimate of drug-likeness (QED) is 0.0518. The van der Waals surface area contributed by atoms with Gasteiger partial charge in [0.1, 0.15) is 12.4 Å². The first-order chi connectivity index (χ1) is 22.1. The van der Waals surface area contributed by atoms with Crippen LogP contribution in [0.4, 0.5) is 10.1 Å². The zero-order valence-corrected chi connectivity index (χ0v) is 24.5. The van der Waals surface area contributed by atoms with Crippen LogP contribution in [0, 0.1) is 0 Å². The van der Waals surface area contributed by atoms with Crippen molar-refractivity contribution in [3.05, 3.63) is 130 Å². The first kappa shape index (κ1) is 31.2. The maximum absolute atomic E-state index is 14.1. The lowest BCUT2D eigenvalue weighted by molar-refractivity contribution is -0.130. The highest BCUT2D eigenvalue weighted by Gasteiger charge is 2.53. The molecular formula is C34H33FN6O4. The van der Waals surface area contributed by atoms with E-state index in [1.807, 2.05) is 54.6 Å². The minimum atomic E-state index is -1.58. The van der Waals surface area contributed by atoms with E-state index in [2.05, 4.69) is 20.9 Å². The molecule has 3 N–H and O–H groups in total. The van der Waals surface area contributed by atoms with Gasteiger partial charge in [0.25, 0.3) is 5.91 Å². The Hall–Kier alpha value is -5.22. The van der Waals surface area contributed by atoms with Crippen LogP contribution in [0.15, 0.2) is 113 Å². The topological polar surface area (TPSA) is 141 Å². The summed E-state index contributed by atoms with van der Waals surface area (Å²) >= 11 is 0. The van der Waals surface area contributed by atoms with Gasteiger partial charge in [-0.1, -0.05) is 84.0 Å². The van der Waals surface area contributed by atoms with Crippen molar-refractivity contribution in [3.8, 4) is 16.9 Å². The standard InChI is InChI=1S/C34H33FN6O4/c35-19-20-37-40-33(43)34(23-28-9-4-5-10-30(28)39-41-36)31(26-13-11-25(12-14-26)24-7-2-1-3-8-24)45-32(38-34)27-15-17-29(18-16-27)44-22-6-21-42/h1-5,7-18,31,37,42H,6,19-23H2,(H,40,43)/t31-,34-/m0/s1. The molecule has 10 nitrogen and oxygen atoms in total. The molecule has 4 aromatic rings. The molecule has 0 saturated carbocycles. The number of benzene rings is 4. The van der Waals surface area contributed by atoms with Crippen LogP contribution in [-0.2, 0) is 16.0 Å². The number of azide groups is 1. The van der Waals surface area contributed by atoms with Gasteiger partial charge in [0.2, 0.25) is 5.90 Å². The van der Waals surface area contributed by atoms with Gasteiger partial charge in [-0.05, 0) is 52.1 Å². The first-order valence-corrected chi connectivity index (χ1v) is 14.6. The molecule has 0 bridgehead atoms. The van der Waals surface area contributed by atoms with Gasteiger partial charge in [-0.15, -0.1) is 0 Å². The molecule has 0 saturated heterocycles. The number of carbonyl (C=O) groups excluding carboxylic acids is 1. The van der Waals surface area contributed by atoms with Crippen molar-refractivity contribution >= 4 is 17.5 Å². The largest absolute Gasteiger partial charge is 0.494 e. The van der Waals surface area contributed by atoms with Crippen molar-refractivity contribution in [1.29, 1.82) is 0 Å². The molecule has 0 unspecified atom stereocenters. The van der Waals surface area contributed by atoms with E-state index in [-0.39, 0.29) is 25.5 Å². The predicted octanol–water partition coefficient (Wildman–Crippen LogP) is 6.15. The van der Waals surface area contributed by atoms with E-state index in [1.54, 1.807) is 48.5 Å². The third-order valence-electron chi connectivity index (χ3n) is 7.38. The molecule has 5 rings (SSSR count). The summed E-state index contributed by atoms with van der Waals surface area (Å²) in [5.74, 6) is 0.306. The van der Waals surface area contributed by atoms with Gasteiger partial charge in [-0.3, -0.25) is 10.2 Å². The lowest BCUT2D eigenvalue weighted by Crippen LogP contribution is -2.54. The van der Waals surface area contributed by atoms with Crippen LogP contribution in [0.2, 0.25) is 0 Å². The van der Waals surface area contributed by atoms with Gasteiger partial charge in [-0.2, -0.15) is 0 Å². The molecule has 1 amide bonds. The SMILES string of the molecule is [N-]=[N+]=Nc1ccccc1C[C@]1(C(=O)NNCCF)N=C(c2ccc(OCCCO)cc2)O[C@H]1c1ccc(-c2ccccc2)cc1. The number of carbonyl (C=O) groups is 1. The summed E-state index contributed by atoms with van der Waals surface area (Å²) < 4.78 is 25.2. The number of aliphatic hydroxyl groups is 1. The molecule has 0 aromatic heterocycles. The van der Waals surface area contributed by atoms with Crippen molar-refractivity contribution < 1.29 is 23.8 Å². The molecular weight excluding hydrogens is 575 g/mol. The Morgan fingerprint density at radius 2 is 1.67 bits per heavy atom. The Bertz CT molecular complexity index is 1660. The van der Waals surface area contributed by atoms with Gasteiger partial charge in [-0.25, -0.2) is 14.8 Å². The summed E-state index contributed by atoms with van der Waals surface area (Å²) in [6.45, 7) is -0.379. The Morgan fingerprint density at radius 1 is 0.978 bits per heavy atom. The Balaban J connectivity index is 1.59. The number of nitrogens with one attached hydrogen (secondary N) is 2. The van der Waals surface area contributed by atoms with Crippen LogP contribution in [0.5, 0.6) is 5.75 Å². The minimum Gasteiger partial charge on any atom is -0.494 e. The zero-order valence-electron chi connectivity index (χ0n) is 24.5. The van der Waals surface area contributed by atoms with Crippen LogP contribution in [0.25, 0.3) is 21.6 Å². The van der Waals surface area contributed by atoms with Crippen LogP contribution in [-0.4, -0.2) is 48.9 Å². The predicted molar refractivity (Wildman–Crippen MR) is 170 cm³/mol. The smallest absolute Gasteiger partial charge is 0.266 e. The number of hydrogen-bond acceptors (Lipinski definition) is 7. The Kier molecular flexibility index (Phi) is 10.4. The summed E-state index contributed by atoms with van der Waals surface area (Å²) in [6.07, 6.45) is -0.375. The molecule has 230 valence electrons. The minimum absolute atomic E-state index is 0.0162. The first-order valence-electron chi connectivity index (χ1n) is 14.6. The van der Waals surface area contributed by atoms with E-state index >= 15 is 0 Å². The van der Waals surface area contributed by atoms with Crippen molar-refractivity contribution in [2.45, 2.75) is 24.5 Å². The van der Waals surface area contributed by atoms with Gasteiger partial charge >= 0.3 is 0 Å². The molecule has 4 aromatic carbocycles. The summed E-state index contributed by atoms with van der Waals surface area (Å²) in [5.41, 5.74) is 17.2. The second-order valence-corrected chi connectivity index (χ2v) is 10.3. The summed E-state index contributed by atoms with van der Waals surface area (Å²) in [7, 11) is 0. The van der Waals surface area contributed by atoms with E-state index in [9.17, 15) is 14.7 Å². The normalized spacial score (nSPS) is 17.1. The highest BCUT2D eigenvalue weighted by atomic mass is 19.1. The molecule has 0 fully saturated rings. The molecule has 0 aliphatic carbocycles. The number of alkyl halides is 1. The van der Waals surface area contributed by atoms with Gasteiger partial charge in [0.15, 0.2) is 11.6 Å². The molecule has 1 heterocycles. The number of hydrazine groups is 1. The van der Waals surface area contributed by atoms with Crippen LogP contribution in [0.1, 0.15) is 29.2 Å². The average Bonchev–Trinajstić information content (AvgIpc) is 3.47. The summed E-state index contributed by atoms with van der Waals surface area (Å²) in [4.78, 5) is 22.0. The number of aliphatic imine (C=N–C) groups is 1. The van der Waals surface area contributed by atoms with Gasteiger partial charge in [0, 0.05) is 42.2 Å². The molecule has 1 aliphatic heterocycles. The van der Waals surface area contributed by atoms with Crippen LogP contribution < -0.4 is 15.6 Å². The number of hydrogen-bond donors (Lipinski definition) is 3. The monoisotopic (exact) mass is 608 g/mol. The fraction of sp³-hybridized carbons (Fsp3) is 0.235. The van der Waals surface area contributed by atoms with E-state index in [0.29, 0.717) is 41.2 Å². The van der Waals surface area contributed by atoms with Gasteiger partial charge < -0.3 is 14.6 Å². The maximum atomic E-state index is 14.1. The van der Waals surface area contributed by atoms with Crippen molar-refractivity contribution in [2.24, 2.45) is 10.1 Å². The average molecular weight is 609 g/mol.